The lowest BCUT2D eigenvalue weighted by Gasteiger charge is -2.19. The number of thioether (sulfide) groups is 1. The molecule has 0 atom stereocenters. The molecule has 0 bridgehead atoms. The molecule has 0 fully saturated rings. The molecule has 31 heavy (non-hydrogen) atoms. The SMILES string of the molecule is CCn1c(SCC(=O)NNC(=O)c2ccccc2)nnc1-c1ccc(C(C)(C)C)cc1. The third-order valence-corrected chi connectivity index (χ3v) is 5.69. The van der Waals surface area contributed by atoms with Gasteiger partial charge in [0.05, 0.1) is 5.75 Å². The number of nitrogens with one attached hydrogen (secondary N) is 2. The lowest BCUT2D eigenvalue weighted by molar-refractivity contribution is -0.119. The molecule has 3 aromatic rings. The largest absolute Gasteiger partial charge is 0.302 e. The minimum atomic E-state index is -0.364. The zero-order valence-electron chi connectivity index (χ0n) is 18.2. The molecule has 3 rings (SSSR count). The van der Waals surface area contributed by atoms with Crippen LogP contribution in [0.15, 0.2) is 59.8 Å². The molecular weight excluding hydrogens is 410 g/mol. The van der Waals surface area contributed by atoms with Crippen LogP contribution in [-0.4, -0.2) is 32.3 Å². The first-order valence-electron chi connectivity index (χ1n) is 10.1. The van der Waals surface area contributed by atoms with E-state index < -0.39 is 0 Å². The van der Waals surface area contributed by atoms with Crippen molar-refractivity contribution in [2.45, 2.75) is 44.8 Å². The summed E-state index contributed by atoms with van der Waals surface area (Å²) >= 11 is 1.28. The highest BCUT2D eigenvalue weighted by Crippen LogP contribution is 2.27. The van der Waals surface area contributed by atoms with Crippen LogP contribution in [0.4, 0.5) is 0 Å². The molecule has 2 aromatic carbocycles. The molecule has 1 aromatic heterocycles. The molecule has 0 radical (unpaired) electrons. The van der Waals surface area contributed by atoms with Gasteiger partial charge in [0, 0.05) is 17.7 Å². The molecule has 0 aliphatic heterocycles. The maximum absolute atomic E-state index is 12.2. The summed E-state index contributed by atoms with van der Waals surface area (Å²) in [5.41, 5.74) is 7.64. The average Bonchev–Trinajstić information content (AvgIpc) is 3.19. The fraction of sp³-hybridized carbons (Fsp3) is 0.304. The van der Waals surface area contributed by atoms with Gasteiger partial charge in [0.1, 0.15) is 0 Å². The number of carbonyl (C=O) groups is 2. The standard InChI is InChI=1S/C23H27N5O2S/c1-5-28-20(16-11-13-18(14-12-16)23(2,3)4)25-27-22(28)31-15-19(29)24-26-21(30)17-9-7-6-8-10-17/h6-14H,5,15H2,1-4H3,(H,24,29)(H,26,30). The molecule has 162 valence electrons. The van der Waals surface area contributed by atoms with Crippen molar-refractivity contribution in [1.82, 2.24) is 25.6 Å². The number of amides is 2. The van der Waals surface area contributed by atoms with Crippen LogP contribution in [0.2, 0.25) is 0 Å². The zero-order valence-corrected chi connectivity index (χ0v) is 19.0. The van der Waals surface area contributed by atoms with Crippen LogP contribution < -0.4 is 10.9 Å². The van der Waals surface area contributed by atoms with Gasteiger partial charge < -0.3 is 4.57 Å². The first kappa shape index (κ1) is 22.6. The van der Waals surface area contributed by atoms with Gasteiger partial charge in [-0.1, -0.05) is 75.0 Å². The number of rotatable bonds is 6. The number of hydrogen-bond donors (Lipinski definition) is 2. The van der Waals surface area contributed by atoms with Gasteiger partial charge in [-0.3, -0.25) is 20.4 Å². The van der Waals surface area contributed by atoms with Crippen LogP contribution >= 0.6 is 11.8 Å². The summed E-state index contributed by atoms with van der Waals surface area (Å²) in [6.45, 7) is 9.23. The normalized spacial score (nSPS) is 11.2. The predicted octanol–water partition coefficient (Wildman–Crippen LogP) is 3.82. The minimum Gasteiger partial charge on any atom is -0.302 e. The number of aromatic nitrogens is 3. The molecule has 8 heteroatoms. The Bertz CT molecular complexity index is 1040. The maximum Gasteiger partial charge on any atom is 0.269 e. The van der Waals surface area contributed by atoms with E-state index in [9.17, 15) is 9.59 Å². The van der Waals surface area contributed by atoms with Crippen LogP contribution in [0.25, 0.3) is 11.4 Å². The second-order valence-corrected chi connectivity index (χ2v) is 8.98. The molecule has 0 spiro atoms. The highest BCUT2D eigenvalue weighted by atomic mass is 32.2. The van der Waals surface area contributed by atoms with Gasteiger partial charge in [-0.05, 0) is 30.0 Å². The summed E-state index contributed by atoms with van der Waals surface area (Å²) in [4.78, 5) is 24.2. The third-order valence-electron chi connectivity index (χ3n) is 4.73. The monoisotopic (exact) mass is 437 g/mol. The summed E-state index contributed by atoms with van der Waals surface area (Å²) in [7, 11) is 0. The Balaban J connectivity index is 1.60. The second-order valence-electron chi connectivity index (χ2n) is 8.03. The van der Waals surface area contributed by atoms with E-state index in [0.717, 1.165) is 11.4 Å². The molecule has 0 saturated heterocycles. The van der Waals surface area contributed by atoms with Crippen molar-refractivity contribution in [3.8, 4) is 11.4 Å². The predicted molar refractivity (Wildman–Crippen MR) is 123 cm³/mol. The van der Waals surface area contributed by atoms with Crippen molar-refractivity contribution in [2.24, 2.45) is 0 Å². The quantitative estimate of drug-likeness (QED) is 0.452. The van der Waals surface area contributed by atoms with E-state index in [4.69, 9.17) is 0 Å². The van der Waals surface area contributed by atoms with E-state index in [2.05, 4.69) is 66.1 Å². The average molecular weight is 438 g/mol. The highest BCUT2D eigenvalue weighted by molar-refractivity contribution is 7.99. The Labute approximate surface area is 186 Å². The minimum absolute atomic E-state index is 0.0846. The summed E-state index contributed by atoms with van der Waals surface area (Å²) in [6.07, 6.45) is 0. The molecule has 2 N–H and O–H groups in total. The van der Waals surface area contributed by atoms with E-state index in [1.54, 1.807) is 24.3 Å². The number of carbonyl (C=O) groups excluding carboxylic acids is 2. The van der Waals surface area contributed by atoms with E-state index >= 15 is 0 Å². The number of hydrazine groups is 1. The number of benzene rings is 2. The van der Waals surface area contributed by atoms with Crippen LogP contribution in [0.3, 0.4) is 0 Å². The third kappa shape index (κ3) is 5.73. The topological polar surface area (TPSA) is 88.9 Å². The number of hydrogen-bond acceptors (Lipinski definition) is 5. The first-order chi connectivity index (χ1) is 14.8. The van der Waals surface area contributed by atoms with Gasteiger partial charge in [-0.2, -0.15) is 0 Å². The molecule has 1 heterocycles. The van der Waals surface area contributed by atoms with E-state index in [1.807, 2.05) is 17.6 Å². The Morgan fingerprint density at radius 1 is 0.968 bits per heavy atom. The van der Waals surface area contributed by atoms with Crippen LogP contribution in [0.1, 0.15) is 43.6 Å². The van der Waals surface area contributed by atoms with Crippen molar-refractivity contribution >= 4 is 23.6 Å². The van der Waals surface area contributed by atoms with Crippen molar-refractivity contribution in [3.05, 3.63) is 65.7 Å². The Morgan fingerprint density at radius 3 is 2.26 bits per heavy atom. The molecule has 2 amide bonds. The van der Waals surface area contributed by atoms with Crippen molar-refractivity contribution < 1.29 is 9.59 Å². The van der Waals surface area contributed by atoms with Gasteiger partial charge in [-0.25, -0.2) is 0 Å². The maximum atomic E-state index is 12.2. The zero-order chi connectivity index (χ0) is 22.4. The van der Waals surface area contributed by atoms with Crippen molar-refractivity contribution in [1.29, 1.82) is 0 Å². The van der Waals surface area contributed by atoms with E-state index in [1.165, 1.54) is 17.3 Å². The summed E-state index contributed by atoms with van der Waals surface area (Å²) in [5.74, 6) is 0.187. The van der Waals surface area contributed by atoms with E-state index in [0.29, 0.717) is 17.3 Å². The molecular formula is C23H27N5O2S. The summed E-state index contributed by atoms with van der Waals surface area (Å²) < 4.78 is 1.98. The Hall–Kier alpha value is -3.13. The molecule has 0 aliphatic carbocycles. The second kappa shape index (κ2) is 9.78. The molecule has 0 saturated carbocycles. The molecule has 0 aliphatic rings. The van der Waals surface area contributed by atoms with Crippen LogP contribution in [0.5, 0.6) is 0 Å². The van der Waals surface area contributed by atoms with Crippen molar-refractivity contribution in [3.63, 3.8) is 0 Å². The summed E-state index contributed by atoms with van der Waals surface area (Å²) in [6, 6.07) is 17.0. The van der Waals surface area contributed by atoms with Gasteiger partial charge in [0.25, 0.3) is 5.91 Å². The van der Waals surface area contributed by atoms with Crippen LogP contribution in [-0.2, 0) is 16.8 Å². The lowest BCUT2D eigenvalue weighted by Crippen LogP contribution is -2.42. The Kier molecular flexibility index (Phi) is 7.12. The van der Waals surface area contributed by atoms with Gasteiger partial charge in [-0.15, -0.1) is 10.2 Å². The highest BCUT2D eigenvalue weighted by Gasteiger charge is 2.17. The van der Waals surface area contributed by atoms with Gasteiger partial charge in [0.2, 0.25) is 5.91 Å². The van der Waals surface area contributed by atoms with Gasteiger partial charge >= 0.3 is 0 Å². The number of nitrogens with zero attached hydrogens (tertiary/aromatic N) is 3. The Morgan fingerprint density at radius 2 is 1.65 bits per heavy atom. The van der Waals surface area contributed by atoms with Crippen LogP contribution in [0, 0.1) is 0 Å². The first-order valence-corrected chi connectivity index (χ1v) is 11.1. The molecule has 0 unspecified atom stereocenters. The smallest absolute Gasteiger partial charge is 0.269 e. The van der Waals surface area contributed by atoms with Gasteiger partial charge in [0.15, 0.2) is 11.0 Å². The fourth-order valence-corrected chi connectivity index (χ4v) is 3.77. The van der Waals surface area contributed by atoms with Crippen molar-refractivity contribution in [2.75, 3.05) is 5.75 Å². The lowest BCUT2D eigenvalue weighted by atomic mass is 9.87. The fourth-order valence-electron chi connectivity index (χ4n) is 2.97. The molecule has 7 nitrogen and oxygen atoms in total. The summed E-state index contributed by atoms with van der Waals surface area (Å²) in [5, 5.41) is 9.24. The van der Waals surface area contributed by atoms with E-state index in [-0.39, 0.29) is 23.0 Å².